The molecule has 1 unspecified atom stereocenters. The summed E-state index contributed by atoms with van der Waals surface area (Å²) in [5.74, 6) is 7.13. The van der Waals surface area contributed by atoms with Gasteiger partial charge in [-0.3, -0.25) is 4.90 Å². The molecule has 0 aliphatic carbocycles. The molecule has 0 saturated carbocycles. The molecular weight excluding hydrogens is 242 g/mol. The maximum Gasteiger partial charge on any atom is 0.142 e. The van der Waals surface area contributed by atoms with Gasteiger partial charge in [-0.2, -0.15) is 0 Å². The van der Waals surface area contributed by atoms with Crippen molar-refractivity contribution in [2.75, 3.05) is 49.7 Å². The smallest absolute Gasteiger partial charge is 0.142 e. The Balaban J connectivity index is 1.64. The molecule has 0 bridgehead atoms. The van der Waals surface area contributed by atoms with Crippen molar-refractivity contribution >= 4 is 11.6 Å². The largest absolute Gasteiger partial charge is 0.379 e. The number of hydrogen-bond donors (Lipinski definition) is 2. The van der Waals surface area contributed by atoms with Crippen LogP contribution in [0.1, 0.15) is 6.42 Å². The predicted molar refractivity (Wildman–Crippen MR) is 75.1 cm³/mol. The molecule has 6 nitrogen and oxygen atoms in total. The molecule has 19 heavy (non-hydrogen) atoms. The van der Waals surface area contributed by atoms with Gasteiger partial charge in [-0.05, 0) is 18.6 Å². The molecule has 0 aromatic carbocycles. The van der Waals surface area contributed by atoms with Crippen molar-refractivity contribution in [1.29, 1.82) is 0 Å². The Labute approximate surface area is 113 Å². The maximum atomic E-state index is 5.41. The van der Waals surface area contributed by atoms with E-state index in [1.54, 1.807) is 0 Å². The number of nitrogens with one attached hydrogen (secondary N) is 1. The Morgan fingerprint density at radius 2 is 2.11 bits per heavy atom. The Morgan fingerprint density at radius 1 is 1.26 bits per heavy atom. The standard InChI is InChI=1S/C13H21N5O/c14-16-12-2-1-3-13(15-12)18-5-4-11(10-18)17-6-8-19-9-7-17/h1-3,11H,4-10,14H2,(H,15,16). The minimum Gasteiger partial charge on any atom is -0.379 e. The summed E-state index contributed by atoms with van der Waals surface area (Å²) in [4.78, 5) is 9.37. The van der Waals surface area contributed by atoms with Gasteiger partial charge in [0, 0.05) is 32.2 Å². The number of nitrogens with zero attached hydrogens (tertiary/aromatic N) is 3. The third-order valence-corrected chi connectivity index (χ3v) is 3.93. The van der Waals surface area contributed by atoms with E-state index in [0.29, 0.717) is 11.9 Å². The molecule has 3 heterocycles. The number of nitrogen functional groups attached to an aromatic ring is 1. The summed E-state index contributed by atoms with van der Waals surface area (Å²) < 4.78 is 5.41. The monoisotopic (exact) mass is 263 g/mol. The van der Waals surface area contributed by atoms with E-state index in [-0.39, 0.29) is 0 Å². The van der Waals surface area contributed by atoms with Crippen molar-refractivity contribution in [2.24, 2.45) is 5.84 Å². The topological polar surface area (TPSA) is 66.7 Å². The molecule has 0 radical (unpaired) electrons. The summed E-state index contributed by atoms with van der Waals surface area (Å²) in [5.41, 5.74) is 2.60. The van der Waals surface area contributed by atoms with Crippen LogP contribution in [0.3, 0.4) is 0 Å². The van der Waals surface area contributed by atoms with Crippen molar-refractivity contribution in [3.8, 4) is 0 Å². The van der Waals surface area contributed by atoms with E-state index in [2.05, 4.69) is 20.2 Å². The molecular formula is C13H21N5O. The predicted octanol–water partition coefficient (Wildman–Crippen LogP) is 0.278. The SMILES string of the molecule is NNc1cccc(N2CCC(N3CCOCC3)C2)n1. The second-order valence-corrected chi connectivity index (χ2v) is 5.06. The van der Waals surface area contributed by atoms with Crippen LogP contribution in [0.4, 0.5) is 11.6 Å². The number of hydrazine groups is 1. The summed E-state index contributed by atoms with van der Waals surface area (Å²) in [5, 5.41) is 0. The van der Waals surface area contributed by atoms with E-state index in [4.69, 9.17) is 10.6 Å². The normalized spacial score (nSPS) is 24.7. The molecule has 1 atom stereocenters. The molecule has 1 aromatic heterocycles. The molecule has 3 rings (SSSR count). The van der Waals surface area contributed by atoms with Gasteiger partial charge in [0.2, 0.25) is 0 Å². The highest BCUT2D eigenvalue weighted by molar-refractivity contribution is 5.47. The summed E-state index contributed by atoms with van der Waals surface area (Å²) in [7, 11) is 0. The molecule has 0 amide bonds. The lowest BCUT2D eigenvalue weighted by Gasteiger charge is -2.32. The first-order chi connectivity index (χ1) is 9.36. The quantitative estimate of drug-likeness (QED) is 0.603. The lowest BCUT2D eigenvalue weighted by atomic mass is 10.2. The second kappa shape index (κ2) is 5.73. The molecule has 2 saturated heterocycles. The molecule has 2 aliphatic rings. The second-order valence-electron chi connectivity index (χ2n) is 5.06. The van der Waals surface area contributed by atoms with Crippen molar-refractivity contribution in [3.05, 3.63) is 18.2 Å². The number of morpholine rings is 1. The number of ether oxygens (including phenoxy) is 1. The van der Waals surface area contributed by atoms with Gasteiger partial charge in [0.15, 0.2) is 0 Å². The third-order valence-electron chi connectivity index (χ3n) is 3.93. The lowest BCUT2D eigenvalue weighted by Crippen LogP contribution is -2.44. The molecule has 104 valence electrons. The molecule has 2 fully saturated rings. The Bertz CT molecular complexity index is 421. The Hall–Kier alpha value is -1.37. The van der Waals surface area contributed by atoms with Crippen LogP contribution in [-0.4, -0.2) is 55.3 Å². The first-order valence-electron chi connectivity index (χ1n) is 6.87. The van der Waals surface area contributed by atoms with E-state index in [0.717, 1.165) is 45.2 Å². The zero-order valence-corrected chi connectivity index (χ0v) is 11.1. The Morgan fingerprint density at radius 3 is 2.89 bits per heavy atom. The number of pyridine rings is 1. The first kappa shape index (κ1) is 12.7. The van der Waals surface area contributed by atoms with Gasteiger partial charge < -0.3 is 15.1 Å². The average molecular weight is 263 g/mol. The number of nitrogens with two attached hydrogens (primary N) is 1. The number of aromatic nitrogens is 1. The molecule has 1 aromatic rings. The number of rotatable bonds is 3. The van der Waals surface area contributed by atoms with Gasteiger partial charge in [-0.1, -0.05) is 6.07 Å². The van der Waals surface area contributed by atoms with Gasteiger partial charge in [-0.15, -0.1) is 0 Å². The highest BCUT2D eigenvalue weighted by Crippen LogP contribution is 2.22. The van der Waals surface area contributed by atoms with E-state index in [9.17, 15) is 0 Å². The van der Waals surface area contributed by atoms with Gasteiger partial charge in [0.1, 0.15) is 11.6 Å². The summed E-state index contributed by atoms with van der Waals surface area (Å²) in [6, 6.07) is 6.53. The summed E-state index contributed by atoms with van der Waals surface area (Å²) in [6.07, 6.45) is 1.20. The van der Waals surface area contributed by atoms with Crippen LogP contribution in [0.15, 0.2) is 18.2 Å². The van der Waals surface area contributed by atoms with Crippen molar-refractivity contribution in [2.45, 2.75) is 12.5 Å². The van der Waals surface area contributed by atoms with Crippen LogP contribution in [0.5, 0.6) is 0 Å². The number of anilines is 2. The van der Waals surface area contributed by atoms with E-state index < -0.39 is 0 Å². The first-order valence-corrected chi connectivity index (χ1v) is 6.87. The van der Waals surface area contributed by atoms with Gasteiger partial charge in [-0.25, -0.2) is 10.8 Å². The highest BCUT2D eigenvalue weighted by Gasteiger charge is 2.29. The Kier molecular flexibility index (Phi) is 3.82. The van der Waals surface area contributed by atoms with Crippen LogP contribution in [0.25, 0.3) is 0 Å². The minimum atomic E-state index is 0.625. The zero-order valence-electron chi connectivity index (χ0n) is 11.1. The van der Waals surface area contributed by atoms with Crippen molar-refractivity contribution < 1.29 is 4.74 Å². The summed E-state index contributed by atoms with van der Waals surface area (Å²) >= 11 is 0. The van der Waals surface area contributed by atoms with E-state index >= 15 is 0 Å². The van der Waals surface area contributed by atoms with Gasteiger partial charge in [0.25, 0.3) is 0 Å². The number of hydrogen-bond acceptors (Lipinski definition) is 6. The molecule has 3 N–H and O–H groups in total. The zero-order chi connectivity index (χ0) is 13.1. The van der Waals surface area contributed by atoms with Crippen LogP contribution >= 0.6 is 0 Å². The summed E-state index contributed by atoms with van der Waals surface area (Å²) in [6.45, 7) is 5.93. The molecule has 2 aliphatic heterocycles. The van der Waals surface area contributed by atoms with Crippen LogP contribution in [0.2, 0.25) is 0 Å². The van der Waals surface area contributed by atoms with Crippen LogP contribution in [-0.2, 0) is 4.74 Å². The van der Waals surface area contributed by atoms with E-state index in [1.165, 1.54) is 6.42 Å². The van der Waals surface area contributed by atoms with Gasteiger partial charge in [0.05, 0.1) is 13.2 Å². The molecule has 6 heteroatoms. The van der Waals surface area contributed by atoms with Crippen molar-refractivity contribution in [3.63, 3.8) is 0 Å². The van der Waals surface area contributed by atoms with Crippen LogP contribution < -0.4 is 16.2 Å². The molecule has 0 spiro atoms. The fourth-order valence-corrected chi connectivity index (χ4v) is 2.87. The lowest BCUT2D eigenvalue weighted by molar-refractivity contribution is 0.0209. The third kappa shape index (κ3) is 2.80. The van der Waals surface area contributed by atoms with Gasteiger partial charge >= 0.3 is 0 Å². The fourth-order valence-electron chi connectivity index (χ4n) is 2.87. The fraction of sp³-hybridized carbons (Fsp3) is 0.615. The highest BCUT2D eigenvalue weighted by atomic mass is 16.5. The maximum absolute atomic E-state index is 5.41. The van der Waals surface area contributed by atoms with Crippen molar-refractivity contribution in [1.82, 2.24) is 9.88 Å². The average Bonchev–Trinajstić information content (AvgIpc) is 2.98. The van der Waals surface area contributed by atoms with Crippen LogP contribution in [0, 0.1) is 0 Å². The minimum absolute atomic E-state index is 0.625. The van der Waals surface area contributed by atoms with E-state index in [1.807, 2.05) is 18.2 Å².